The van der Waals surface area contributed by atoms with Crippen LogP contribution in [0, 0.1) is 46.3 Å². The maximum atomic E-state index is 12.6. The summed E-state index contributed by atoms with van der Waals surface area (Å²) in [6, 6.07) is -0.563. The summed E-state index contributed by atoms with van der Waals surface area (Å²) in [6.45, 7) is 13.8. The number of unbranched alkanes of at least 4 members (excludes halogenated alkanes) is 4. The minimum Gasteiger partial charge on any atom is -0.465 e. The molecule has 0 radical (unpaired) electrons. The molecule has 0 saturated heterocycles. The number of fused-ring (bicyclic) bond motifs is 5. The number of allylic oxidation sites excluding steroid dienone is 1. The zero-order valence-electron chi connectivity index (χ0n) is 30.7. The molecule has 4 rings (SSSR count). The smallest absolute Gasteiger partial charge is 0.465 e. The zero-order chi connectivity index (χ0) is 34.0. The molecule has 0 amide bonds. The highest BCUT2D eigenvalue weighted by molar-refractivity contribution is 5.75. The predicted octanol–water partition coefficient (Wildman–Crippen LogP) is 9.11. The van der Waals surface area contributed by atoms with Gasteiger partial charge in [0.25, 0.3) is 0 Å². The fourth-order valence-corrected chi connectivity index (χ4v) is 10.5. The van der Waals surface area contributed by atoms with Crippen LogP contribution in [0.1, 0.15) is 150 Å². The summed E-state index contributed by atoms with van der Waals surface area (Å²) in [5.41, 5.74) is 13.7. The third-order valence-corrected chi connectivity index (χ3v) is 13.3. The number of nitrogens with two attached hydrogens (primary N) is 2. The second-order valence-corrected chi connectivity index (χ2v) is 16.8. The highest BCUT2D eigenvalue weighted by Gasteiger charge is 2.59. The highest BCUT2D eigenvalue weighted by atomic mass is 16.7. The molecular formula is C40H70N2O5. The largest absolute Gasteiger partial charge is 0.508 e. The topological polar surface area (TPSA) is 114 Å². The first-order valence-corrected chi connectivity index (χ1v) is 19.6. The molecule has 4 N–H and O–H groups in total. The third kappa shape index (κ3) is 9.77. The van der Waals surface area contributed by atoms with Crippen molar-refractivity contribution >= 4 is 12.1 Å². The van der Waals surface area contributed by atoms with Gasteiger partial charge in [-0.2, -0.15) is 0 Å². The van der Waals surface area contributed by atoms with Crippen LogP contribution in [0.2, 0.25) is 0 Å². The molecule has 0 aromatic heterocycles. The Morgan fingerprint density at radius 3 is 2.32 bits per heavy atom. The van der Waals surface area contributed by atoms with Gasteiger partial charge in [-0.15, -0.1) is 0 Å². The van der Waals surface area contributed by atoms with Gasteiger partial charge in [0.1, 0.15) is 12.1 Å². The van der Waals surface area contributed by atoms with Crippen molar-refractivity contribution < 1.29 is 23.8 Å². The first-order valence-electron chi connectivity index (χ1n) is 19.6. The predicted molar refractivity (Wildman–Crippen MR) is 190 cm³/mol. The van der Waals surface area contributed by atoms with Crippen LogP contribution in [0.15, 0.2) is 11.6 Å². The Kier molecular flexibility index (Phi) is 14.5. The Morgan fingerprint density at radius 2 is 1.60 bits per heavy atom. The van der Waals surface area contributed by atoms with Crippen LogP contribution in [0.25, 0.3) is 0 Å². The van der Waals surface area contributed by atoms with Crippen LogP contribution in [0.5, 0.6) is 0 Å². The van der Waals surface area contributed by atoms with Crippen molar-refractivity contribution in [3.8, 4) is 0 Å². The maximum Gasteiger partial charge on any atom is 0.508 e. The summed E-state index contributed by atoms with van der Waals surface area (Å²) in [5, 5.41) is 0. The summed E-state index contributed by atoms with van der Waals surface area (Å²) in [4.78, 5) is 24.5. The van der Waals surface area contributed by atoms with E-state index in [9.17, 15) is 9.59 Å². The molecule has 0 bridgehead atoms. The van der Waals surface area contributed by atoms with E-state index in [1.165, 1.54) is 51.4 Å². The minimum atomic E-state index is -0.563. The molecule has 9 atom stereocenters. The van der Waals surface area contributed by atoms with E-state index in [1.54, 1.807) is 5.57 Å². The zero-order valence-corrected chi connectivity index (χ0v) is 30.7. The van der Waals surface area contributed by atoms with Gasteiger partial charge in [0.15, 0.2) is 0 Å². The fraction of sp³-hybridized carbons (Fsp3) is 0.900. The average molecular weight is 659 g/mol. The second kappa shape index (κ2) is 17.9. The van der Waals surface area contributed by atoms with Crippen molar-refractivity contribution in [1.82, 2.24) is 0 Å². The third-order valence-electron chi connectivity index (χ3n) is 13.3. The van der Waals surface area contributed by atoms with E-state index < -0.39 is 12.2 Å². The van der Waals surface area contributed by atoms with Crippen molar-refractivity contribution in [2.75, 3.05) is 19.8 Å². The van der Waals surface area contributed by atoms with E-state index in [0.717, 1.165) is 93.3 Å². The summed E-state index contributed by atoms with van der Waals surface area (Å²) in [5.74, 6) is 4.66. The molecule has 4 aliphatic carbocycles. The molecule has 0 aromatic carbocycles. The van der Waals surface area contributed by atoms with Crippen LogP contribution in [-0.2, 0) is 19.0 Å². The summed E-state index contributed by atoms with van der Waals surface area (Å²) in [7, 11) is 0. The normalized spacial score (nSPS) is 32.9. The quantitative estimate of drug-likeness (QED) is 0.0858. The lowest BCUT2D eigenvalue weighted by molar-refractivity contribution is -0.145. The standard InChI is InChI=1S/C40H70N2O5/c1-28(2)13-12-14-29(3)33-18-19-34-32-17-16-30-27-31(20-22-39(30,4)35(32)21-23-40(33,34)5)47-38(44)46-26-11-7-6-10-25-45-37(43)36(42)15-8-9-24-41/h16,28-29,31-36H,6-15,17-27,41-42H2,1-5H3. The highest BCUT2D eigenvalue weighted by Crippen LogP contribution is 2.67. The van der Waals surface area contributed by atoms with Crippen molar-refractivity contribution in [3.05, 3.63) is 11.6 Å². The van der Waals surface area contributed by atoms with Crippen LogP contribution < -0.4 is 11.5 Å². The number of ether oxygens (including phenoxy) is 3. The molecule has 3 fully saturated rings. The SMILES string of the molecule is CC(C)CCCC(C)C1CCC2C3CC=C4CC(OC(=O)OCCCCCCOC(=O)C(N)CCCCN)CCC4(C)C3CCC12C. The Labute approximate surface area is 287 Å². The van der Waals surface area contributed by atoms with Gasteiger partial charge < -0.3 is 25.7 Å². The summed E-state index contributed by atoms with van der Waals surface area (Å²) < 4.78 is 16.6. The molecule has 4 aliphatic rings. The van der Waals surface area contributed by atoms with Crippen molar-refractivity contribution in [2.24, 2.45) is 57.8 Å². The van der Waals surface area contributed by atoms with E-state index in [0.29, 0.717) is 31.6 Å². The molecule has 0 aromatic rings. The van der Waals surface area contributed by atoms with E-state index in [1.807, 2.05) is 0 Å². The molecule has 7 heteroatoms. The lowest BCUT2D eigenvalue weighted by Gasteiger charge is -2.58. The number of carbonyl (C=O) groups is 2. The summed E-state index contributed by atoms with van der Waals surface area (Å²) in [6.07, 6.45) is 21.5. The van der Waals surface area contributed by atoms with Crippen LogP contribution >= 0.6 is 0 Å². The van der Waals surface area contributed by atoms with Crippen LogP contribution in [-0.4, -0.2) is 44.0 Å². The number of carbonyl (C=O) groups excluding carboxylic acids is 2. The van der Waals surface area contributed by atoms with Gasteiger partial charge in [0.2, 0.25) is 0 Å². The summed E-state index contributed by atoms with van der Waals surface area (Å²) >= 11 is 0. The maximum absolute atomic E-state index is 12.6. The second-order valence-electron chi connectivity index (χ2n) is 16.8. The number of esters is 1. The first-order chi connectivity index (χ1) is 22.5. The Balaban J connectivity index is 1.14. The van der Waals surface area contributed by atoms with Gasteiger partial charge in [0.05, 0.1) is 13.2 Å². The fourth-order valence-electron chi connectivity index (χ4n) is 10.5. The molecule has 9 unspecified atom stereocenters. The van der Waals surface area contributed by atoms with Crippen molar-refractivity contribution in [2.45, 2.75) is 162 Å². The van der Waals surface area contributed by atoms with Gasteiger partial charge in [-0.25, -0.2) is 4.79 Å². The molecule has 0 spiro atoms. The van der Waals surface area contributed by atoms with Gasteiger partial charge in [-0.3, -0.25) is 4.79 Å². The lowest BCUT2D eigenvalue weighted by atomic mass is 9.47. The number of hydrogen-bond donors (Lipinski definition) is 2. The minimum absolute atomic E-state index is 0.0776. The number of hydrogen-bond acceptors (Lipinski definition) is 7. The molecule has 270 valence electrons. The molecule has 0 aliphatic heterocycles. The van der Waals surface area contributed by atoms with E-state index in [4.69, 9.17) is 25.7 Å². The molecule has 3 saturated carbocycles. The van der Waals surface area contributed by atoms with E-state index in [2.05, 4.69) is 40.7 Å². The average Bonchev–Trinajstić information content (AvgIpc) is 3.39. The lowest BCUT2D eigenvalue weighted by Crippen LogP contribution is -2.51. The molecular weight excluding hydrogens is 588 g/mol. The Morgan fingerprint density at radius 1 is 0.851 bits per heavy atom. The van der Waals surface area contributed by atoms with Crippen molar-refractivity contribution in [3.63, 3.8) is 0 Å². The van der Waals surface area contributed by atoms with E-state index in [-0.39, 0.29) is 17.5 Å². The Hall–Kier alpha value is -1.60. The van der Waals surface area contributed by atoms with Crippen LogP contribution in [0.3, 0.4) is 0 Å². The molecule has 7 nitrogen and oxygen atoms in total. The van der Waals surface area contributed by atoms with E-state index >= 15 is 0 Å². The van der Waals surface area contributed by atoms with Gasteiger partial charge in [0, 0.05) is 6.42 Å². The number of rotatable bonds is 18. The van der Waals surface area contributed by atoms with Gasteiger partial charge in [-0.05, 0) is 136 Å². The first kappa shape index (κ1) is 38.2. The van der Waals surface area contributed by atoms with Gasteiger partial charge in [-0.1, -0.05) is 72.0 Å². The van der Waals surface area contributed by atoms with Gasteiger partial charge >= 0.3 is 12.1 Å². The molecule has 0 heterocycles. The Bertz CT molecular complexity index is 1030. The van der Waals surface area contributed by atoms with Crippen molar-refractivity contribution in [1.29, 1.82) is 0 Å². The monoisotopic (exact) mass is 659 g/mol. The van der Waals surface area contributed by atoms with Crippen LogP contribution in [0.4, 0.5) is 4.79 Å². The molecule has 47 heavy (non-hydrogen) atoms.